The van der Waals surface area contributed by atoms with Crippen LogP contribution in [0.25, 0.3) is 0 Å². The first-order chi connectivity index (χ1) is 14.3. The van der Waals surface area contributed by atoms with E-state index in [0.29, 0.717) is 35.5 Å². The summed E-state index contributed by atoms with van der Waals surface area (Å²) in [7, 11) is 0. The lowest BCUT2D eigenvalue weighted by Gasteiger charge is -2.16. The third-order valence-corrected chi connectivity index (χ3v) is 4.54. The number of phenolic OH excluding ortho intramolecular Hbond substituents is 1. The SMILES string of the molecule is C=C/C=C(\C=C/C)Cc1ccc(C(N)=O)cc1.Cc1cc2c(cc1O)OCCC2=O. The first-order valence-corrected chi connectivity index (χ1v) is 9.68. The number of Topliss-reactive ketones (excluding diaryl/α,β-unsaturated/α-hetero) is 1. The van der Waals surface area contributed by atoms with Crippen molar-refractivity contribution in [2.75, 3.05) is 6.61 Å². The van der Waals surface area contributed by atoms with Gasteiger partial charge in [-0.3, -0.25) is 9.59 Å². The van der Waals surface area contributed by atoms with Gasteiger partial charge in [0.2, 0.25) is 5.91 Å². The van der Waals surface area contributed by atoms with Crippen LogP contribution >= 0.6 is 0 Å². The van der Waals surface area contributed by atoms with Crippen molar-refractivity contribution in [3.05, 3.63) is 95.1 Å². The first kappa shape index (κ1) is 22.7. The van der Waals surface area contributed by atoms with Gasteiger partial charge in [0.1, 0.15) is 11.5 Å². The molecule has 0 aromatic heterocycles. The van der Waals surface area contributed by atoms with E-state index in [1.165, 1.54) is 11.6 Å². The van der Waals surface area contributed by atoms with Crippen LogP contribution in [0.5, 0.6) is 11.5 Å². The summed E-state index contributed by atoms with van der Waals surface area (Å²) in [5.41, 5.74) is 9.33. The zero-order chi connectivity index (χ0) is 22.1. The zero-order valence-electron chi connectivity index (χ0n) is 17.4. The lowest BCUT2D eigenvalue weighted by molar-refractivity contribution is 0.0932. The topological polar surface area (TPSA) is 89.6 Å². The van der Waals surface area contributed by atoms with Crippen LogP contribution in [0.15, 0.2) is 72.9 Å². The molecule has 156 valence electrons. The number of fused-ring (bicyclic) bond motifs is 1. The third kappa shape index (κ3) is 6.21. The Morgan fingerprint density at radius 2 is 1.97 bits per heavy atom. The van der Waals surface area contributed by atoms with Crippen molar-refractivity contribution in [1.29, 1.82) is 0 Å². The van der Waals surface area contributed by atoms with Crippen LogP contribution in [-0.2, 0) is 6.42 Å². The number of benzene rings is 2. The van der Waals surface area contributed by atoms with Crippen LogP contribution in [0.4, 0.5) is 0 Å². The smallest absolute Gasteiger partial charge is 0.248 e. The molecule has 5 heteroatoms. The zero-order valence-corrected chi connectivity index (χ0v) is 17.4. The molecule has 3 rings (SSSR count). The Balaban J connectivity index is 0.000000220. The number of aromatic hydroxyl groups is 1. The average Bonchev–Trinajstić information content (AvgIpc) is 2.71. The van der Waals surface area contributed by atoms with Crippen molar-refractivity contribution in [2.24, 2.45) is 5.73 Å². The van der Waals surface area contributed by atoms with Crippen LogP contribution in [0.1, 0.15) is 45.2 Å². The number of aryl methyl sites for hydroxylation is 1. The van der Waals surface area contributed by atoms with E-state index in [1.807, 2.05) is 37.3 Å². The average molecular weight is 405 g/mol. The van der Waals surface area contributed by atoms with Crippen molar-refractivity contribution in [3.63, 3.8) is 0 Å². The van der Waals surface area contributed by atoms with Gasteiger partial charge in [-0.05, 0) is 55.2 Å². The molecule has 0 fully saturated rings. The minimum absolute atomic E-state index is 0.0874. The second-order valence-corrected chi connectivity index (χ2v) is 6.87. The molecule has 0 aliphatic carbocycles. The van der Waals surface area contributed by atoms with E-state index in [2.05, 4.69) is 6.58 Å². The minimum Gasteiger partial charge on any atom is -0.508 e. The predicted molar refractivity (Wildman–Crippen MR) is 119 cm³/mol. The standard InChI is InChI=1S/C15H17NO.C10H10O3/c1-3-5-12(6-4-2)11-13-7-9-14(10-8-13)15(16)17;1-6-4-7-8(11)2-3-13-10(7)5-9(6)12/h3-10H,1,11H2,2H3,(H2,16,17);4-5,12H,2-3H2,1H3/b6-4-,12-5+;. The van der Waals surface area contributed by atoms with E-state index in [-0.39, 0.29) is 11.5 Å². The number of allylic oxidation sites excluding steroid dienone is 5. The van der Waals surface area contributed by atoms with Gasteiger partial charge in [-0.25, -0.2) is 0 Å². The number of primary amides is 1. The predicted octanol–water partition coefficient (Wildman–Crippen LogP) is 4.68. The van der Waals surface area contributed by atoms with Gasteiger partial charge in [-0.15, -0.1) is 0 Å². The number of ether oxygens (including phenoxy) is 1. The van der Waals surface area contributed by atoms with E-state index >= 15 is 0 Å². The van der Waals surface area contributed by atoms with Gasteiger partial charge in [-0.2, -0.15) is 0 Å². The van der Waals surface area contributed by atoms with Crippen LogP contribution < -0.4 is 10.5 Å². The van der Waals surface area contributed by atoms with E-state index < -0.39 is 5.91 Å². The van der Waals surface area contributed by atoms with E-state index in [4.69, 9.17) is 10.5 Å². The van der Waals surface area contributed by atoms with E-state index in [0.717, 1.165) is 12.0 Å². The molecule has 0 saturated heterocycles. The highest BCUT2D eigenvalue weighted by atomic mass is 16.5. The fraction of sp³-hybridized carbons (Fsp3) is 0.200. The Kier molecular flexibility index (Phi) is 8.18. The molecule has 1 aliphatic rings. The largest absolute Gasteiger partial charge is 0.508 e. The maximum atomic E-state index is 11.4. The van der Waals surface area contributed by atoms with Crippen molar-refractivity contribution in [3.8, 4) is 11.5 Å². The molecule has 0 bridgehead atoms. The number of hydrogen-bond acceptors (Lipinski definition) is 4. The Labute approximate surface area is 177 Å². The van der Waals surface area contributed by atoms with Gasteiger partial charge < -0.3 is 15.6 Å². The van der Waals surface area contributed by atoms with Crippen LogP contribution in [0, 0.1) is 6.92 Å². The van der Waals surface area contributed by atoms with Crippen molar-refractivity contribution < 1.29 is 19.4 Å². The summed E-state index contributed by atoms with van der Waals surface area (Å²) in [4.78, 5) is 22.3. The molecular weight excluding hydrogens is 378 g/mol. The van der Waals surface area contributed by atoms with Crippen LogP contribution in [0.2, 0.25) is 0 Å². The fourth-order valence-electron chi connectivity index (χ4n) is 2.96. The summed E-state index contributed by atoms with van der Waals surface area (Å²) in [6.07, 6.45) is 9.03. The summed E-state index contributed by atoms with van der Waals surface area (Å²) in [6.45, 7) is 7.84. The molecule has 2 aromatic carbocycles. The summed E-state index contributed by atoms with van der Waals surface area (Å²) in [6, 6.07) is 10.5. The monoisotopic (exact) mass is 405 g/mol. The molecule has 1 heterocycles. The number of amides is 1. The maximum absolute atomic E-state index is 11.4. The van der Waals surface area contributed by atoms with E-state index in [1.54, 1.807) is 31.2 Å². The molecule has 0 radical (unpaired) electrons. The van der Waals surface area contributed by atoms with Gasteiger partial charge in [0, 0.05) is 18.1 Å². The number of rotatable bonds is 5. The number of carbonyl (C=O) groups excluding carboxylic acids is 2. The van der Waals surface area contributed by atoms with E-state index in [9.17, 15) is 14.7 Å². The molecule has 0 atom stereocenters. The molecule has 5 nitrogen and oxygen atoms in total. The highest BCUT2D eigenvalue weighted by Gasteiger charge is 2.19. The molecule has 2 aromatic rings. The Bertz CT molecular complexity index is 985. The molecule has 1 aliphatic heterocycles. The number of phenols is 1. The third-order valence-electron chi connectivity index (χ3n) is 4.54. The van der Waals surface area contributed by atoms with Crippen molar-refractivity contribution in [1.82, 2.24) is 0 Å². The summed E-state index contributed by atoms with van der Waals surface area (Å²) in [5, 5.41) is 9.37. The van der Waals surface area contributed by atoms with Gasteiger partial charge in [0.25, 0.3) is 0 Å². The molecule has 3 N–H and O–H groups in total. The normalized spacial score (nSPS) is 13.1. The number of ketones is 1. The van der Waals surface area contributed by atoms with Gasteiger partial charge >= 0.3 is 0 Å². The molecular formula is C25H27NO4. The van der Waals surface area contributed by atoms with Crippen molar-refractivity contribution in [2.45, 2.75) is 26.7 Å². The van der Waals surface area contributed by atoms with Gasteiger partial charge in [0.05, 0.1) is 12.2 Å². The van der Waals surface area contributed by atoms with Crippen LogP contribution in [-0.4, -0.2) is 23.4 Å². The number of hydrogen-bond donors (Lipinski definition) is 2. The number of carbonyl (C=O) groups is 2. The second kappa shape index (κ2) is 10.8. The van der Waals surface area contributed by atoms with Crippen LogP contribution in [0.3, 0.4) is 0 Å². The quantitative estimate of drug-likeness (QED) is 0.707. The highest BCUT2D eigenvalue weighted by Crippen LogP contribution is 2.31. The maximum Gasteiger partial charge on any atom is 0.248 e. The summed E-state index contributed by atoms with van der Waals surface area (Å²) >= 11 is 0. The molecule has 0 spiro atoms. The first-order valence-electron chi connectivity index (χ1n) is 9.68. The van der Waals surface area contributed by atoms with Gasteiger partial charge in [-0.1, -0.05) is 43.0 Å². The highest BCUT2D eigenvalue weighted by molar-refractivity contribution is 6.00. The second-order valence-electron chi connectivity index (χ2n) is 6.87. The Morgan fingerprint density at radius 1 is 1.27 bits per heavy atom. The minimum atomic E-state index is -0.396. The fourth-order valence-corrected chi connectivity index (χ4v) is 2.96. The Morgan fingerprint density at radius 3 is 2.57 bits per heavy atom. The molecule has 30 heavy (non-hydrogen) atoms. The summed E-state index contributed by atoms with van der Waals surface area (Å²) < 4.78 is 5.25. The molecule has 1 amide bonds. The molecule has 0 saturated carbocycles. The lowest BCUT2D eigenvalue weighted by Crippen LogP contribution is -2.15. The van der Waals surface area contributed by atoms with Gasteiger partial charge in [0.15, 0.2) is 5.78 Å². The molecule has 0 unspecified atom stereocenters. The van der Waals surface area contributed by atoms with Crippen molar-refractivity contribution >= 4 is 11.7 Å². The Hall–Kier alpha value is -3.60. The summed E-state index contributed by atoms with van der Waals surface area (Å²) in [5.74, 6) is 0.365. The lowest BCUT2D eigenvalue weighted by atomic mass is 10.0. The number of nitrogens with two attached hydrogens (primary N) is 1.